The number of hydrogen-bond donors (Lipinski definition) is 6. The maximum Gasteiger partial charge on any atom is 0.248 e. The van der Waals surface area contributed by atoms with Crippen molar-refractivity contribution in [2.75, 3.05) is 13.2 Å². The van der Waals surface area contributed by atoms with Crippen LogP contribution in [0.5, 0.6) is 0 Å². The first-order valence-electron chi connectivity index (χ1n) is 22.7. The number of alkyl halides is 4. The molecule has 2 fully saturated rings. The van der Waals surface area contributed by atoms with E-state index in [4.69, 9.17) is 9.47 Å². The van der Waals surface area contributed by atoms with Gasteiger partial charge in [-0.25, -0.2) is 17.6 Å². The maximum absolute atomic E-state index is 15.1. The van der Waals surface area contributed by atoms with Gasteiger partial charge < -0.3 is 40.1 Å². The maximum atomic E-state index is 15.1. The van der Waals surface area contributed by atoms with Crippen molar-refractivity contribution >= 4 is 0 Å². The van der Waals surface area contributed by atoms with Crippen molar-refractivity contribution in [3.8, 4) is 0 Å². The highest BCUT2D eigenvalue weighted by Gasteiger charge is 2.45. The minimum atomic E-state index is -3.06. The Morgan fingerprint density at radius 2 is 1.20 bits per heavy atom. The Morgan fingerprint density at radius 3 is 1.71 bits per heavy atom. The molecule has 12 heteroatoms. The lowest BCUT2D eigenvalue weighted by Gasteiger charge is -2.40. The van der Waals surface area contributed by atoms with Crippen LogP contribution in [-0.2, 0) is 9.47 Å². The Labute approximate surface area is 336 Å². The molecule has 12 atom stereocenters. The van der Waals surface area contributed by atoms with Crippen LogP contribution in [0.2, 0.25) is 0 Å². The molecule has 56 heavy (non-hydrogen) atoms. The van der Waals surface area contributed by atoms with E-state index in [0.717, 1.165) is 84.0 Å². The number of aliphatic hydroxyl groups excluding tert-OH is 6. The number of ether oxygens (including phenoxy) is 2. The van der Waals surface area contributed by atoms with E-state index in [1.807, 2.05) is 0 Å². The molecule has 1 heterocycles. The monoisotopic (exact) mass is 815 g/mol. The van der Waals surface area contributed by atoms with Gasteiger partial charge in [0.15, 0.2) is 6.29 Å². The summed E-state index contributed by atoms with van der Waals surface area (Å²) in [5.41, 5.74) is 0. The van der Waals surface area contributed by atoms with E-state index in [2.05, 4.69) is 6.92 Å². The van der Waals surface area contributed by atoms with Crippen molar-refractivity contribution in [1.82, 2.24) is 0 Å². The first kappa shape index (κ1) is 51.5. The lowest BCUT2D eigenvalue weighted by Crippen LogP contribution is -2.59. The van der Waals surface area contributed by atoms with Gasteiger partial charge in [0, 0.05) is 11.8 Å². The fraction of sp³-hybridized carbons (Fsp3) is 1.00. The van der Waals surface area contributed by atoms with Crippen LogP contribution in [0.15, 0.2) is 0 Å². The summed E-state index contributed by atoms with van der Waals surface area (Å²) in [7, 11) is 0. The summed E-state index contributed by atoms with van der Waals surface area (Å²) >= 11 is 0. The van der Waals surface area contributed by atoms with E-state index in [9.17, 15) is 39.4 Å². The average Bonchev–Trinajstić information content (AvgIpc) is 3.17. The molecule has 0 amide bonds. The molecule has 6 N–H and O–H groups in total. The largest absolute Gasteiger partial charge is 0.394 e. The van der Waals surface area contributed by atoms with Crippen LogP contribution in [-0.4, -0.2) is 105 Å². The van der Waals surface area contributed by atoms with Gasteiger partial charge in [-0.15, -0.1) is 0 Å². The third kappa shape index (κ3) is 20.6. The summed E-state index contributed by atoms with van der Waals surface area (Å²) in [5.74, 6) is -4.82. The molecule has 1 saturated heterocycles. The molecule has 1 saturated carbocycles. The first-order chi connectivity index (χ1) is 26.8. The smallest absolute Gasteiger partial charge is 0.248 e. The predicted molar refractivity (Wildman–Crippen MR) is 213 cm³/mol. The summed E-state index contributed by atoms with van der Waals surface area (Å²) in [4.78, 5) is 0. The Kier molecular flexibility index (Phi) is 27.2. The zero-order valence-corrected chi connectivity index (χ0v) is 34.9. The zero-order chi connectivity index (χ0) is 41.3. The number of hydrogen-bond acceptors (Lipinski definition) is 8. The standard InChI is InChI=1S/C44H82F4O8/c1-3-4-5-6-7-8-9-10-11-16-19-22-25-37(50)39(51)33(31-55-43-42(54)41(53)40(52)38(30-49)56-43)29-34(44(2,47)48)24-21-18-15-13-12-14-17-20-23-32-26-27-35(45)36(46)28-32/h32-43,49-54H,3-31H2,1-2H3/t32?,33-,34+,35?,36?,37+,38?,39-,40?,41?,42?,43?/m0/s1. The molecule has 8 unspecified atom stereocenters. The highest BCUT2D eigenvalue weighted by atomic mass is 19.3. The third-order valence-electron chi connectivity index (χ3n) is 12.6. The molecule has 0 radical (unpaired) electrons. The number of unbranched alkanes of at least 4 members (excludes halogenated alkanes) is 18. The molecular formula is C44H82F4O8. The summed E-state index contributed by atoms with van der Waals surface area (Å²) in [6.45, 7) is 2.09. The number of halogens is 4. The third-order valence-corrected chi connectivity index (χ3v) is 12.6. The fourth-order valence-corrected chi connectivity index (χ4v) is 8.66. The van der Waals surface area contributed by atoms with Gasteiger partial charge in [-0.3, -0.25) is 0 Å². The van der Waals surface area contributed by atoms with E-state index in [-0.39, 0.29) is 25.4 Å². The van der Waals surface area contributed by atoms with Crippen LogP contribution < -0.4 is 0 Å². The summed E-state index contributed by atoms with van der Waals surface area (Å²) in [6.07, 6.45) is 11.3. The van der Waals surface area contributed by atoms with Crippen molar-refractivity contribution in [2.45, 2.75) is 248 Å². The predicted octanol–water partition coefficient (Wildman–Crippen LogP) is 9.27. The summed E-state index contributed by atoms with van der Waals surface area (Å²) in [6, 6.07) is 0. The van der Waals surface area contributed by atoms with Gasteiger partial charge >= 0.3 is 0 Å². The zero-order valence-electron chi connectivity index (χ0n) is 34.9. The summed E-state index contributed by atoms with van der Waals surface area (Å²) in [5, 5.41) is 62.8. The molecule has 0 spiro atoms. The van der Waals surface area contributed by atoms with Gasteiger partial charge in [-0.2, -0.15) is 0 Å². The molecule has 0 aromatic rings. The number of aliphatic hydroxyl groups is 6. The minimum Gasteiger partial charge on any atom is -0.394 e. The van der Waals surface area contributed by atoms with Crippen LogP contribution in [0, 0.1) is 17.8 Å². The molecule has 0 aromatic heterocycles. The second-order valence-electron chi connectivity index (χ2n) is 17.5. The van der Waals surface area contributed by atoms with E-state index in [1.165, 1.54) is 51.4 Å². The van der Waals surface area contributed by atoms with Crippen molar-refractivity contribution < 1.29 is 57.7 Å². The van der Waals surface area contributed by atoms with Crippen LogP contribution in [0.4, 0.5) is 17.6 Å². The van der Waals surface area contributed by atoms with Crippen LogP contribution in [0.3, 0.4) is 0 Å². The van der Waals surface area contributed by atoms with Crippen molar-refractivity contribution in [3.63, 3.8) is 0 Å². The average molecular weight is 815 g/mol. The molecule has 0 bridgehead atoms. The van der Waals surface area contributed by atoms with Gasteiger partial charge in [0.25, 0.3) is 0 Å². The van der Waals surface area contributed by atoms with Gasteiger partial charge in [0.05, 0.1) is 25.4 Å². The fourth-order valence-electron chi connectivity index (χ4n) is 8.66. The van der Waals surface area contributed by atoms with Crippen LogP contribution in [0.25, 0.3) is 0 Å². The Bertz CT molecular complexity index is 945. The Morgan fingerprint density at radius 1 is 0.679 bits per heavy atom. The van der Waals surface area contributed by atoms with Gasteiger partial charge in [0.1, 0.15) is 36.8 Å². The van der Waals surface area contributed by atoms with Crippen LogP contribution in [0.1, 0.15) is 187 Å². The minimum absolute atomic E-state index is 0.145. The van der Waals surface area contributed by atoms with E-state index >= 15 is 8.78 Å². The van der Waals surface area contributed by atoms with Crippen LogP contribution >= 0.6 is 0 Å². The molecule has 2 aliphatic rings. The van der Waals surface area contributed by atoms with Crippen molar-refractivity contribution in [1.29, 1.82) is 0 Å². The first-order valence-corrected chi connectivity index (χ1v) is 22.7. The van der Waals surface area contributed by atoms with E-state index < -0.39 is 79.6 Å². The quantitative estimate of drug-likeness (QED) is 0.0285. The Balaban J connectivity index is 1.83. The SMILES string of the molecule is CCCCCCCCCCCCCC[C@@H](O)[C@@H](O)[C@H](COC1OC(CO)C(O)C(O)C1O)C[C@@H](CCCCCCCCCCC1CCC(F)C(F)C1)C(C)(F)F. The van der Waals surface area contributed by atoms with Crippen molar-refractivity contribution in [3.05, 3.63) is 0 Å². The highest BCUT2D eigenvalue weighted by Crippen LogP contribution is 2.37. The molecule has 8 nitrogen and oxygen atoms in total. The number of rotatable bonds is 33. The topological polar surface area (TPSA) is 140 Å². The van der Waals surface area contributed by atoms with Gasteiger partial charge in [0.2, 0.25) is 5.92 Å². The van der Waals surface area contributed by atoms with Crippen molar-refractivity contribution in [2.24, 2.45) is 17.8 Å². The van der Waals surface area contributed by atoms with E-state index in [0.29, 0.717) is 32.1 Å². The molecular weight excluding hydrogens is 732 g/mol. The van der Waals surface area contributed by atoms with E-state index in [1.54, 1.807) is 0 Å². The Hall–Kier alpha value is -0.600. The van der Waals surface area contributed by atoms with Gasteiger partial charge in [-0.05, 0) is 51.4 Å². The summed E-state index contributed by atoms with van der Waals surface area (Å²) < 4.78 is 68.4. The lowest BCUT2D eigenvalue weighted by molar-refractivity contribution is -0.305. The second-order valence-corrected chi connectivity index (χ2v) is 17.5. The molecule has 1 aliphatic carbocycles. The highest BCUT2D eigenvalue weighted by molar-refractivity contribution is 4.90. The van der Waals surface area contributed by atoms with Gasteiger partial charge in [-0.1, -0.05) is 142 Å². The lowest BCUT2D eigenvalue weighted by atomic mass is 9.82. The second kappa shape index (κ2) is 29.6. The molecule has 2 rings (SSSR count). The normalized spacial score (nSPS) is 28.3. The molecule has 0 aromatic carbocycles. The molecule has 334 valence electrons. The molecule has 1 aliphatic heterocycles.